The number of carboxylic acids is 1. The van der Waals surface area contributed by atoms with Crippen LogP contribution in [-0.2, 0) is 14.3 Å². The van der Waals surface area contributed by atoms with Crippen LogP contribution < -0.4 is 4.74 Å². The summed E-state index contributed by atoms with van der Waals surface area (Å²) in [6.07, 6.45) is 8.18. The van der Waals surface area contributed by atoms with Gasteiger partial charge in [0.2, 0.25) is 0 Å². The molecule has 1 aromatic carbocycles. The van der Waals surface area contributed by atoms with Gasteiger partial charge in [0.25, 0.3) is 0 Å². The fraction of sp³-hybridized carbons (Fsp3) is 0.586. The first-order valence-electron chi connectivity index (χ1n) is 13.2. The van der Waals surface area contributed by atoms with Crippen LogP contribution in [0.2, 0.25) is 0 Å². The van der Waals surface area contributed by atoms with E-state index < -0.39 is 24.3 Å². The van der Waals surface area contributed by atoms with Crippen molar-refractivity contribution >= 4 is 11.9 Å². The van der Waals surface area contributed by atoms with Crippen molar-refractivity contribution in [1.29, 1.82) is 0 Å². The van der Waals surface area contributed by atoms with Crippen LogP contribution in [0.5, 0.6) is 5.75 Å². The van der Waals surface area contributed by atoms with Crippen LogP contribution in [0.25, 0.3) is 0 Å². The molecule has 0 bridgehead atoms. The van der Waals surface area contributed by atoms with Crippen LogP contribution in [0.3, 0.4) is 0 Å². The number of fused-ring (bicyclic) bond motifs is 1. The quantitative estimate of drug-likeness (QED) is 0.266. The van der Waals surface area contributed by atoms with Gasteiger partial charge in [-0.05, 0) is 61.6 Å². The number of carbonyl (C=O) groups excluding carboxylic acids is 1. The summed E-state index contributed by atoms with van der Waals surface area (Å²) in [6, 6.07) is 9.34. The van der Waals surface area contributed by atoms with Gasteiger partial charge in [-0.25, -0.2) is 9.59 Å². The van der Waals surface area contributed by atoms with Crippen LogP contribution in [-0.4, -0.2) is 51.7 Å². The number of rotatable bonds is 13. The van der Waals surface area contributed by atoms with Gasteiger partial charge < -0.3 is 24.8 Å². The Labute approximate surface area is 213 Å². The lowest BCUT2D eigenvalue weighted by Crippen LogP contribution is -2.42. The predicted molar refractivity (Wildman–Crippen MR) is 136 cm³/mol. The van der Waals surface area contributed by atoms with Gasteiger partial charge >= 0.3 is 11.9 Å². The molecule has 3 rings (SSSR count). The molecule has 0 heterocycles. The summed E-state index contributed by atoms with van der Waals surface area (Å²) in [5.41, 5.74) is 1.21. The second kappa shape index (κ2) is 13.6. The Balaban J connectivity index is 1.64. The van der Waals surface area contributed by atoms with Crippen LogP contribution in [0.15, 0.2) is 54.1 Å². The monoisotopic (exact) mass is 500 g/mol. The molecule has 0 radical (unpaired) electrons. The van der Waals surface area contributed by atoms with Gasteiger partial charge in [-0.15, -0.1) is 0 Å². The first-order valence-corrected chi connectivity index (χ1v) is 13.2. The number of hydrogen-bond acceptors (Lipinski definition) is 6. The Bertz CT molecular complexity index is 909. The average Bonchev–Trinajstić information content (AvgIpc) is 2.87. The number of carbonyl (C=O) groups is 2. The highest BCUT2D eigenvalue weighted by Gasteiger charge is 2.40. The summed E-state index contributed by atoms with van der Waals surface area (Å²) in [4.78, 5) is 24.1. The Hall–Kier alpha value is -2.64. The van der Waals surface area contributed by atoms with E-state index in [4.69, 9.17) is 14.6 Å². The fourth-order valence-electron chi connectivity index (χ4n) is 5.39. The molecule has 2 aliphatic carbocycles. The van der Waals surface area contributed by atoms with E-state index in [-0.39, 0.29) is 30.3 Å². The molecule has 0 amide bonds. The first-order chi connectivity index (χ1) is 17.3. The molecule has 7 atom stereocenters. The molecule has 1 aromatic rings. The number of allylic oxidation sites excluding steroid dienone is 3. The molecule has 7 nitrogen and oxygen atoms in total. The highest BCUT2D eigenvalue weighted by Crippen LogP contribution is 2.44. The zero-order chi connectivity index (χ0) is 26.1. The summed E-state index contributed by atoms with van der Waals surface area (Å²) >= 11 is 0. The van der Waals surface area contributed by atoms with E-state index in [2.05, 4.69) is 25.2 Å². The number of ether oxygens (including phenoxy) is 2. The maximum absolute atomic E-state index is 13.2. The van der Waals surface area contributed by atoms with E-state index in [0.29, 0.717) is 24.5 Å². The van der Waals surface area contributed by atoms with Crippen molar-refractivity contribution in [3.05, 3.63) is 54.1 Å². The molecule has 36 heavy (non-hydrogen) atoms. The Morgan fingerprint density at radius 1 is 1.11 bits per heavy atom. The molecule has 7 heteroatoms. The lowest BCUT2D eigenvalue weighted by atomic mass is 9.66. The van der Waals surface area contributed by atoms with Crippen molar-refractivity contribution in [1.82, 2.24) is 0 Å². The molecule has 0 spiro atoms. The number of benzene rings is 1. The predicted octanol–water partition coefficient (Wildman–Crippen LogP) is 4.67. The summed E-state index contributed by atoms with van der Waals surface area (Å²) in [7, 11) is 0. The van der Waals surface area contributed by atoms with E-state index in [1.807, 2.05) is 37.3 Å². The van der Waals surface area contributed by atoms with E-state index in [1.165, 1.54) is 5.57 Å². The van der Waals surface area contributed by atoms with Gasteiger partial charge in [0.1, 0.15) is 11.9 Å². The maximum atomic E-state index is 13.2. The normalized spacial score (nSPS) is 25.7. The van der Waals surface area contributed by atoms with E-state index in [0.717, 1.165) is 32.1 Å². The maximum Gasteiger partial charge on any atom is 0.347 e. The van der Waals surface area contributed by atoms with Crippen LogP contribution >= 0.6 is 0 Å². The minimum Gasteiger partial charge on any atom is -0.479 e. The van der Waals surface area contributed by atoms with Crippen molar-refractivity contribution in [3.8, 4) is 5.75 Å². The molecule has 2 aliphatic rings. The Morgan fingerprint density at radius 3 is 2.56 bits per heavy atom. The largest absolute Gasteiger partial charge is 0.479 e. The number of unbranched alkanes of at least 4 members (excludes halogenated alkanes) is 1. The van der Waals surface area contributed by atoms with Crippen molar-refractivity contribution in [2.24, 2.45) is 17.8 Å². The Morgan fingerprint density at radius 2 is 1.86 bits per heavy atom. The minimum atomic E-state index is -1.76. The van der Waals surface area contributed by atoms with Gasteiger partial charge in [0.15, 0.2) is 12.2 Å². The summed E-state index contributed by atoms with van der Waals surface area (Å²) in [5.74, 6) is -0.421. The van der Waals surface area contributed by atoms with Gasteiger partial charge in [-0.3, -0.25) is 0 Å². The second-order valence-electron chi connectivity index (χ2n) is 10.0. The van der Waals surface area contributed by atoms with Gasteiger partial charge in [-0.1, -0.05) is 69.5 Å². The topological polar surface area (TPSA) is 113 Å². The molecule has 7 unspecified atom stereocenters. The second-order valence-corrected chi connectivity index (χ2v) is 10.0. The van der Waals surface area contributed by atoms with Gasteiger partial charge in [0.05, 0.1) is 6.10 Å². The third-order valence-electron chi connectivity index (χ3n) is 7.35. The summed E-state index contributed by atoms with van der Waals surface area (Å²) in [5, 5.41) is 28.3. The number of esters is 1. The SMILES string of the molecule is CCCC(Oc1ccccc1)C(=O)OC1CCC=C2C=CC(C)C(CCCCC(O)C(O)C(=O)O)C21. The third-order valence-corrected chi connectivity index (χ3v) is 7.35. The zero-order valence-corrected chi connectivity index (χ0v) is 21.3. The van der Waals surface area contributed by atoms with Crippen molar-refractivity contribution in [2.75, 3.05) is 0 Å². The number of aliphatic hydroxyl groups excluding tert-OH is 2. The molecular weight excluding hydrogens is 460 g/mol. The summed E-state index contributed by atoms with van der Waals surface area (Å²) in [6.45, 7) is 4.19. The molecule has 3 N–H and O–H groups in total. The lowest BCUT2D eigenvalue weighted by molar-refractivity contribution is -0.162. The van der Waals surface area contributed by atoms with Crippen molar-refractivity contribution in [2.45, 2.75) is 89.6 Å². The average molecular weight is 501 g/mol. The van der Waals surface area contributed by atoms with Crippen LogP contribution in [0, 0.1) is 17.8 Å². The number of hydrogen-bond donors (Lipinski definition) is 3. The first kappa shape index (κ1) is 27.9. The van der Waals surface area contributed by atoms with E-state index in [9.17, 15) is 19.8 Å². The zero-order valence-electron chi connectivity index (χ0n) is 21.3. The van der Waals surface area contributed by atoms with Gasteiger partial charge in [-0.2, -0.15) is 0 Å². The number of aliphatic hydroxyl groups is 2. The fourth-order valence-corrected chi connectivity index (χ4v) is 5.39. The van der Waals surface area contributed by atoms with Crippen LogP contribution in [0.4, 0.5) is 0 Å². The summed E-state index contributed by atoms with van der Waals surface area (Å²) < 4.78 is 12.1. The standard InChI is InChI=1S/C29H40O7/c1-3-10-25(35-21-12-5-4-6-13-21)29(34)36-24-16-9-11-20-18-17-19(2)22(26(20)24)14-7-8-15-23(30)27(31)28(32)33/h4-6,11-13,17-19,22-27,30-31H,3,7-10,14-16H2,1-2H3,(H,32,33). The van der Waals surface area contributed by atoms with Crippen LogP contribution in [0.1, 0.15) is 65.2 Å². The molecule has 0 aliphatic heterocycles. The van der Waals surface area contributed by atoms with E-state index >= 15 is 0 Å². The number of carboxylic acid groups (broad SMARTS) is 1. The van der Waals surface area contributed by atoms with E-state index in [1.54, 1.807) is 0 Å². The Kier molecular flexibility index (Phi) is 10.6. The third kappa shape index (κ3) is 7.43. The van der Waals surface area contributed by atoms with Gasteiger partial charge in [0, 0.05) is 5.92 Å². The highest BCUT2D eigenvalue weighted by atomic mass is 16.6. The molecule has 0 aromatic heterocycles. The number of aliphatic carboxylic acids is 1. The highest BCUT2D eigenvalue weighted by molar-refractivity contribution is 5.75. The molecule has 0 fully saturated rings. The van der Waals surface area contributed by atoms with Crippen molar-refractivity contribution in [3.63, 3.8) is 0 Å². The smallest absolute Gasteiger partial charge is 0.347 e. The molecular formula is C29H40O7. The van der Waals surface area contributed by atoms with Crippen molar-refractivity contribution < 1.29 is 34.4 Å². The molecule has 0 saturated heterocycles. The lowest BCUT2D eigenvalue weighted by Gasteiger charge is -2.42. The number of para-hydroxylation sites is 1. The minimum absolute atomic E-state index is 0.0937. The molecule has 198 valence electrons. The molecule has 0 saturated carbocycles.